The topological polar surface area (TPSA) is 61.9 Å². The number of nitrogens with one attached hydrogen (secondary N) is 1. The van der Waals surface area contributed by atoms with Gasteiger partial charge in [0.2, 0.25) is 0 Å². The molecule has 4 aromatic rings. The Kier molecular flexibility index (Phi) is 14.7. The van der Waals surface area contributed by atoms with Crippen molar-refractivity contribution in [2.45, 2.75) is 83.9 Å². The first-order chi connectivity index (χ1) is 25.0. The van der Waals surface area contributed by atoms with Crippen LogP contribution in [0.2, 0.25) is 0 Å². The third-order valence-corrected chi connectivity index (χ3v) is 9.82. The number of carbonyl (C=O) groups is 2. The van der Waals surface area contributed by atoms with Gasteiger partial charge in [-0.05, 0) is 91.1 Å². The van der Waals surface area contributed by atoms with Crippen LogP contribution < -0.4 is 5.32 Å². The third kappa shape index (κ3) is 12.2. The molecule has 0 bridgehead atoms. The maximum atomic E-state index is 14.2. The normalized spacial score (nSPS) is 13.8. The van der Waals surface area contributed by atoms with Crippen molar-refractivity contribution in [2.24, 2.45) is 0 Å². The number of aryl methyl sites for hydroxylation is 1. The molecule has 51 heavy (non-hydrogen) atoms. The number of rotatable bonds is 15. The SMILES string of the molecule is CCCCCc1ccc(C(=O)N(Cc2cccc(C#CCNC(=O)OCc3ccccc3)c2)C2CCN(CCC(C)c3ccccc3)CC2)cc1. The van der Waals surface area contributed by atoms with Crippen molar-refractivity contribution >= 4 is 12.0 Å². The van der Waals surface area contributed by atoms with Gasteiger partial charge in [-0.25, -0.2) is 4.79 Å². The number of likely N-dealkylation sites (tertiary alicyclic amines) is 1. The minimum absolute atomic E-state index is 0.0842. The Morgan fingerprint density at radius 2 is 1.57 bits per heavy atom. The van der Waals surface area contributed by atoms with Crippen molar-refractivity contribution in [1.29, 1.82) is 0 Å². The highest BCUT2D eigenvalue weighted by molar-refractivity contribution is 5.94. The fourth-order valence-corrected chi connectivity index (χ4v) is 6.69. The lowest BCUT2D eigenvalue weighted by atomic mass is 9.96. The van der Waals surface area contributed by atoms with Gasteiger partial charge < -0.3 is 19.9 Å². The number of alkyl carbamates (subject to hydrolysis) is 1. The Morgan fingerprint density at radius 1 is 0.863 bits per heavy atom. The van der Waals surface area contributed by atoms with E-state index in [1.165, 1.54) is 30.4 Å². The summed E-state index contributed by atoms with van der Waals surface area (Å²) >= 11 is 0. The summed E-state index contributed by atoms with van der Waals surface area (Å²) in [5, 5.41) is 2.70. The van der Waals surface area contributed by atoms with Crippen LogP contribution in [0.1, 0.15) is 96.5 Å². The zero-order chi connectivity index (χ0) is 35.7. The molecule has 0 aromatic heterocycles. The second kappa shape index (κ2) is 20.1. The van der Waals surface area contributed by atoms with Gasteiger partial charge in [-0.1, -0.05) is 123 Å². The number of unbranched alkanes of at least 4 members (excludes halogenated alkanes) is 2. The molecule has 1 fully saturated rings. The van der Waals surface area contributed by atoms with E-state index in [2.05, 4.69) is 95.4 Å². The fraction of sp³-hybridized carbons (Fsp3) is 0.378. The highest BCUT2D eigenvalue weighted by Crippen LogP contribution is 2.25. The van der Waals surface area contributed by atoms with Gasteiger partial charge >= 0.3 is 6.09 Å². The Balaban J connectivity index is 1.20. The molecule has 1 unspecified atom stereocenters. The van der Waals surface area contributed by atoms with Crippen LogP contribution in [-0.4, -0.2) is 54.0 Å². The first-order valence-corrected chi connectivity index (χ1v) is 18.7. The summed E-state index contributed by atoms with van der Waals surface area (Å²) in [6.07, 6.45) is 7.17. The zero-order valence-corrected chi connectivity index (χ0v) is 30.4. The van der Waals surface area contributed by atoms with Gasteiger partial charge in [-0.3, -0.25) is 4.79 Å². The smallest absolute Gasteiger partial charge is 0.408 e. The summed E-state index contributed by atoms with van der Waals surface area (Å²) in [4.78, 5) is 31.0. The standard InChI is InChI=1S/C45H53N3O3/c1-3-4-7-14-37-22-24-42(25-23-37)44(49)48(43-27-31-47(32-28-43)30-26-36(2)41-20-10-6-11-21-41)34-40-18-12-17-38(33-40)19-13-29-46-45(50)51-35-39-15-8-5-9-16-39/h5-6,8-12,15-18,20-25,33,36,43H,3-4,7,14,26-32,34-35H2,1-2H3,(H,46,50). The molecule has 6 heteroatoms. The summed E-state index contributed by atoms with van der Waals surface area (Å²) in [5.74, 6) is 6.80. The molecular weight excluding hydrogens is 631 g/mol. The van der Waals surface area contributed by atoms with Crippen LogP contribution in [0, 0.1) is 11.8 Å². The number of hydrogen-bond donors (Lipinski definition) is 1. The van der Waals surface area contributed by atoms with Crippen LogP contribution in [-0.2, 0) is 24.3 Å². The summed E-state index contributed by atoms with van der Waals surface area (Å²) in [6, 6.07) is 36.8. The lowest BCUT2D eigenvalue weighted by Crippen LogP contribution is -2.47. The van der Waals surface area contributed by atoms with Gasteiger partial charge in [0.15, 0.2) is 0 Å². The summed E-state index contributed by atoms with van der Waals surface area (Å²) in [6.45, 7) is 8.49. The van der Waals surface area contributed by atoms with Crippen molar-refractivity contribution in [3.8, 4) is 11.8 Å². The van der Waals surface area contributed by atoms with Gasteiger partial charge in [-0.15, -0.1) is 0 Å². The van der Waals surface area contributed by atoms with Gasteiger partial charge in [0, 0.05) is 36.8 Å². The number of piperidine rings is 1. The molecule has 1 aliphatic rings. The molecular formula is C45H53N3O3. The molecule has 1 saturated heterocycles. The number of benzene rings is 4. The average molecular weight is 684 g/mol. The van der Waals surface area contributed by atoms with Crippen molar-refractivity contribution in [1.82, 2.24) is 15.1 Å². The van der Waals surface area contributed by atoms with Crippen LogP contribution in [0.4, 0.5) is 4.79 Å². The van der Waals surface area contributed by atoms with E-state index in [0.717, 1.165) is 67.6 Å². The number of amides is 2. The molecule has 0 radical (unpaired) electrons. The molecule has 0 spiro atoms. The lowest BCUT2D eigenvalue weighted by Gasteiger charge is -2.39. The van der Waals surface area contributed by atoms with E-state index < -0.39 is 6.09 Å². The molecule has 2 amide bonds. The highest BCUT2D eigenvalue weighted by atomic mass is 16.5. The second-order valence-electron chi connectivity index (χ2n) is 13.7. The molecule has 1 N–H and O–H groups in total. The van der Waals surface area contributed by atoms with Crippen molar-refractivity contribution in [2.75, 3.05) is 26.2 Å². The van der Waals surface area contributed by atoms with Crippen LogP contribution in [0.5, 0.6) is 0 Å². The van der Waals surface area contributed by atoms with E-state index in [1.54, 1.807) is 0 Å². The number of ether oxygens (including phenoxy) is 1. The molecule has 5 rings (SSSR count). The average Bonchev–Trinajstić information content (AvgIpc) is 3.18. The molecule has 0 saturated carbocycles. The molecule has 266 valence electrons. The summed E-state index contributed by atoms with van der Waals surface area (Å²) in [5.41, 5.74) is 6.25. The zero-order valence-electron chi connectivity index (χ0n) is 30.4. The van der Waals surface area contributed by atoms with E-state index in [0.29, 0.717) is 12.5 Å². The monoisotopic (exact) mass is 683 g/mol. The minimum atomic E-state index is -0.498. The van der Waals surface area contributed by atoms with Gasteiger partial charge in [0.05, 0.1) is 6.54 Å². The molecule has 1 heterocycles. The minimum Gasteiger partial charge on any atom is -0.445 e. The molecule has 4 aromatic carbocycles. The predicted molar refractivity (Wildman–Crippen MR) is 206 cm³/mol. The fourth-order valence-electron chi connectivity index (χ4n) is 6.69. The Bertz CT molecular complexity index is 1700. The summed E-state index contributed by atoms with van der Waals surface area (Å²) < 4.78 is 5.28. The first-order valence-electron chi connectivity index (χ1n) is 18.7. The van der Waals surface area contributed by atoms with Crippen molar-refractivity contribution < 1.29 is 14.3 Å². The first kappa shape index (κ1) is 37.4. The van der Waals surface area contributed by atoms with Crippen LogP contribution in [0.3, 0.4) is 0 Å². The van der Waals surface area contributed by atoms with Crippen LogP contribution in [0.25, 0.3) is 0 Å². The van der Waals surface area contributed by atoms with Gasteiger partial charge in [0.25, 0.3) is 5.91 Å². The highest BCUT2D eigenvalue weighted by Gasteiger charge is 2.29. The Hall–Kier alpha value is -4.86. The molecule has 6 nitrogen and oxygen atoms in total. The predicted octanol–water partition coefficient (Wildman–Crippen LogP) is 9.00. The van der Waals surface area contributed by atoms with Crippen molar-refractivity contribution in [3.05, 3.63) is 143 Å². The quantitative estimate of drug-likeness (QED) is 0.100. The van der Waals surface area contributed by atoms with E-state index in [-0.39, 0.29) is 25.1 Å². The van der Waals surface area contributed by atoms with E-state index in [4.69, 9.17) is 4.74 Å². The van der Waals surface area contributed by atoms with E-state index in [9.17, 15) is 9.59 Å². The Labute approximate surface area is 305 Å². The van der Waals surface area contributed by atoms with Crippen molar-refractivity contribution in [3.63, 3.8) is 0 Å². The van der Waals surface area contributed by atoms with Gasteiger partial charge in [0.1, 0.15) is 6.61 Å². The number of hydrogen-bond acceptors (Lipinski definition) is 4. The number of carbonyl (C=O) groups excluding carboxylic acids is 2. The van der Waals surface area contributed by atoms with Crippen LogP contribution >= 0.6 is 0 Å². The van der Waals surface area contributed by atoms with E-state index in [1.807, 2.05) is 54.6 Å². The molecule has 0 aliphatic carbocycles. The summed E-state index contributed by atoms with van der Waals surface area (Å²) in [7, 11) is 0. The third-order valence-electron chi connectivity index (χ3n) is 9.82. The maximum absolute atomic E-state index is 14.2. The second-order valence-corrected chi connectivity index (χ2v) is 13.7. The maximum Gasteiger partial charge on any atom is 0.408 e. The largest absolute Gasteiger partial charge is 0.445 e. The Morgan fingerprint density at radius 3 is 2.29 bits per heavy atom. The molecule has 1 aliphatic heterocycles. The number of nitrogens with zero attached hydrogens (tertiary/aromatic N) is 2. The molecule has 1 atom stereocenters. The van der Waals surface area contributed by atoms with Gasteiger partial charge in [-0.2, -0.15) is 0 Å². The van der Waals surface area contributed by atoms with Crippen LogP contribution in [0.15, 0.2) is 109 Å². The lowest BCUT2D eigenvalue weighted by molar-refractivity contribution is 0.0547. The van der Waals surface area contributed by atoms with E-state index >= 15 is 0 Å².